The molecule has 0 saturated carbocycles. The van der Waals surface area contributed by atoms with Gasteiger partial charge in [-0.2, -0.15) is 0 Å². The zero-order valence-electron chi connectivity index (χ0n) is 8.10. The van der Waals surface area contributed by atoms with Crippen molar-refractivity contribution in [3.05, 3.63) is 5.01 Å². The average molecular weight is 233 g/mol. The summed E-state index contributed by atoms with van der Waals surface area (Å²) >= 11 is -0.100. The fourth-order valence-corrected chi connectivity index (χ4v) is 2.88. The molecule has 14 heavy (non-hydrogen) atoms. The Labute approximate surface area is 89.1 Å². The van der Waals surface area contributed by atoms with Crippen molar-refractivity contribution in [2.75, 3.05) is 7.05 Å². The van der Waals surface area contributed by atoms with E-state index in [9.17, 15) is 9.35 Å². The van der Waals surface area contributed by atoms with Gasteiger partial charge in [0.1, 0.15) is 5.25 Å². The Hall–Kier alpha value is -0.660. The summed E-state index contributed by atoms with van der Waals surface area (Å²) in [5, 5.41) is 10.0. The van der Waals surface area contributed by atoms with E-state index in [2.05, 4.69) is 15.5 Å². The highest BCUT2D eigenvalue weighted by Gasteiger charge is 2.23. The summed E-state index contributed by atoms with van der Waals surface area (Å²) < 4.78 is 12.0. The minimum Gasteiger partial charge on any atom is -0.609 e. The third-order valence-electron chi connectivity index (χ3n) is 1.43. The maximum atomic E-state index is 11.6. The van der Waals surface area contributed by atoms with Crippen LogP contribution in [0.3, 0.4) is 0 Å². The molecule has 78 valence electrons. The van der Waals surface area contributed by atoms with Crippen LogP contribution in [-0.2, 0) is 11.2 Å². The number of carbonyl (C=O) groups is 1. The molecule has 1 aromatic rings. The molecule has 0 aliphatic heterocycles. The molecule has 1 rings (SSSR count). The van der Waals surface area contributed by atoms with Gasteiger partial charge < -0.3 is 9.87 Å². The average Bonchev–Trinajstić information content (AvgIpc) is 2.64. The molecule has 0 aliphatic carbocycles. The lowest BCUT2D eigenvalue weighted by molar-refractivity contribution is 0.0962. The Kier molecular flexibility index (Phi) is 3.85. The van der Waals surface area contributed by atoms with Gasteiger partial charge in [0.05, 0.1) is 0 Å². The molecule has 0 radical (unpaired) electrons. The summed E-state index contributed by atoms with van der Waals surface area (Å²) in [6, 6.07) is 0. The highest BCUT2D eigenvalue weighted by Crippen LogP contribution is 2.19. The lowest BCUT2D eigenvalue weighted by Crippen LogP contribution is -2.17. The molecule has 1 atom stereocenters. The predicted molar refractivity (Wildman–Crippen MR) is 54.8 cm³/mol. The van der Waals surface area contributed by atoms with E-state index in [1.54, 1.807) is 0 Å². The molecule has 0 aliphatic rings. The topological polar surface area (TPSA) is 77.9 Å². The summed E-state index contributed by atoms with van der Waals surface area (Å²) in [6.07, 6.45) is 0. The fourth-order valence-electron chi connectivity index (χ4n) is 0.691. The highest BCUT2D eigenvalue weighted by molar-refractivity contribution is 7.93. The second-order valence-corrected chi connectivity index (χ2v) is 5.96. The van der Waals surface area contributed by atoms with Gasteiger partial charge >= 0.3 is 4.34 Å². The molecule has 0 bridgehead atoms. The van der Waals surface area contributed by atoms with Crippen LogP contribution in [0.25, 0.3) is 0 Å². The maximum absolute atomic E-state index is 11.6. The minimum atomic E-state index is -1.17. The molecule has 1 heterocycles. The summed E-state index contributed by atoms with van der Waals surface area (Å²) in [5.41, 5.74) is 0. The van der Waals surface area contributed by atoms with E-state index in [0.717, 1.165) is 11.3 Å². The number of rotatable bonds is 3. The Morgan fingerprint density at radius 3 is 2.71 bits per heavy atom. The van der Waals surface area contributed by atoms with E-state index in [-0.39, 0.29) is 16.2 Å². The van der Waals surface area contributed by atoms with Gasteiger partial charge in [0.25, 0.3) is 5.91 Å². The fraction of sp³-hybridized carbons (Fsp3) is 0.571. The quantitative estimate of drug-likeness (QED) is 0.767. The van der Waals surface area contributed by atoms with Gasteiger partial charge in [0.2, 0.25) is 5.01 Å². The van der Waals surface area contributed by atoms with Crippen LogP contribution >= 0.6 is 11.3 Å². The summed E-state index contributed by atoms with van der Waals surface area (Å²) in [7, 11) is 1.52. The van der Waals surface area contributed by atoms with Gasteiger partial charge in [-0.25, -0.2) is 0 Å². The highest BCUT2D eigenvalue weighted by atomic mass is 32.2. The van der Waals surface area contributed by atoms with Crippen LogP contribution in [0.1, 0.15) is 23.6 Å². The van der Waals surface area contributed by atoms with E-state index < -0.39 is 11.2 Å². The second kappa shape index (κ2) is 4.72. The third kappa shape index (κ3) is 2.43. The van der Waals surface area contributed by atoms with Gasteiger partial charge in [-0.3, -0.25) is 4.79 Å². The summed E-state index contributed by atoms with van der Waals surface area (Å²) in [4.78, 5) is 11.1. The van der Waals surface area contributed by atoms with Gasteiger partial charge in [0.15, 0.2) is 0 Å². The normalized spacial score (nSPS) is 12.9. The largest absolute Gasteiger partial charge is 0.609 e. The first kappa shape index (κ1) is 11.4. The zero-order chi connectivity index (χ0) is 10.7. The van der Waals surface area contributed by atoms with Crippen LogP contribution < -0.4 is 5.32 Å². The second-order valence-electron chi connectivity index (χ2n) is 2.80. The number of nitrogens with zero attached hydrogens (tertiary/aromatic N) is 2. The molecule has 5 nitrogen and oxygen atoms in total. The number of amides is 1. The first-order valence-corrected chi connectivity index (χ1v) is 6.05. The van der Waals surface area contributed by atoms with E-state index in [0.29, 0.717) is 4.34 Å². The number of hydrogen-bond acceptors (Lipinski definition) is 5. The zero-order valence-corrected chi connectivity index (χ0v) is 9.74. The SMILES string of the molecule is CNC(=O)c1nnc([S+]([O-])C(C)C)s1. The van der Waals surface area contributed by atoms with Crippen LogP contribution in [0.4, 0.5) is 0 Å². The maximum Gasteiger partial charge on any atom is 0.322 e. The molecule has 1 unspecified atom stereocenters. The molecular weight excluding hydrogens is 222 g/mol. The van der Waals surface area contributed by atoms with E-state index in [4.69, 9.17) is 0 Å². The minimum absolute atomic E-state index is 0.0134. The standard InChI is InChI=1S/C7H11N3O2S2/c1-4(2)14(12)7-10-9-6(13-7)5(11)8-3/h4H,1-3H3,(H,8,11). The van der Waals surface area contributed by atoms with Crippen LogP contribution in [0.2, 0.25) is 0 Å². The molecule has 0 fully saturated rings. The summed E-state index contributed by atoms with van der Waals surface area (Å²) in [5.74, 6) is -0.297. The van der Waals surface area contributed by atoms with Crippen molar-refractivity contribution in [2.45, 2.75) is 23.4 Å². The number of carbonyl (C=O) groups excluding carboxylic acids is 1. The van der Waals surface area contributed by atoms with Crippen LogP contribution in [-0.4, -0.2) is 33.0 Å². The number of aromatic nitrogens is 2. The van der Waals surface area contributed by atoms with Crippen molar-refractivity contribution in [3.63, 3.8) is 0 Å². The van der Waals surface area contributed by atoms with Gasteiger partial charge in [-0.05, 0) is 25.2 Å². The van der Waals surface area contributed by atoms with E-state index >= 15 is 0 Å². The van der Waals surface area contributed by atoms with Crippen molar-refractivity contribution in [1.29, 1.82) is 0 Å². The lowest BCUT2D eigenvalue weighted by atomic mass is 10.6. The Bertz CT molecular complexity index is 326. The molecule has 0 spiro atoms. The molecule has 0 saturated heterocycles. The lowest BCUT2D eigenvalue weighted by Gasteiger charge is -2.08. The van der Waals surface area contributed by atoms with Crippen LogP contribution in [0, 0.1) is 0 Å². The first-order chi connectivity index (χ1) is 6.56. The third-order valence-corrected chi connectivity index (χ3v) is 4.17. The molecule has 0 aromatic carbocycles. The smallest absolute Gasteiger partial charge is 0.322 e. The van der Waals surface area contributed by atoms with Gasteiger partial charge in [-0.15, -0.1) is 5.10 Å². The predicted octanol–water partition coefficient (Wildman–Crippen LogP) is 0.414. The van der Waals surface area contributed by atoms with Crippen molar-refractivity contribution in [2.24, 2.45) is 0 Å². The summed E-state index contributed by atoms with van der Waals surface area (Å²) in [6.45, 7) is 3.66. The number of nitrogens with one attached hydrogen (secondary N) is 1. The van der Waals surface area contributed by atoms with Gasteiger partial charge in [0, 0.05) is 18.2 Å². The van der Waals surface area contributed by atoms with Crippen molar-refractivity contribution < 1.29 is 9.35 Å². The van der Waals surface area contributed by atoms with Crippen molar-refractivity contribution in [3.8, 4) is 0 Å². The number of hydrogen-bond donors (Lipinski definition) is 1. The van der Waals surface area contributed by atoms with E-state index in [1.165, 1.54) is 7.05 Å². The van der Waals surface area contributed by atoms with Crippen LogP contribution in [0.5, 0.6) is 0 Å². The Morgan fingerprint density at radius 1 is 1.57 bits per heavy atom. The van der Waals surface area contributed by atoms with E-state index in [1.807, 2.05) is 13.8 Å². The monoisotopic (exact) mass is 233 g/mol. The van der Waals surface area contributed by atoms with Gasteiger partial charge in [-0.1, -0.05) is 5.10 Å². The van der Waals surface area contributed by atoms with Crippen molar-refractivity contribution >= 4 is 28.4 Å². The molecule has 1 aromatic heterocycles. The Balaban J connectivity index is 2.82. The molecular formula is C7H11N3O2S2. The Morgan fingerprint density at radius 2 is 2.21 bits per heavy atom. The molecule has 1 N–H and O–H groups in total. The molecule has 7 heteroatoms. The van der Waals surface area contributed by atoms with Crippen molar-refractivity contribution in [1.82, 2.24) is 15.5 Å². The van der Waals surface area contributed by atoms with Crippen LogP contribution in [0.15, 0.2) is 4.34 Å². The molecule has 1 amide bonds. The first-order valence-electron chi connectivity index (χ1n) is 4.02.